The van der Waals surface area contributed by atoms with Crippen LogP contribution in [0.2, 0.25) is 0 Å². The van der Waals surface area contributed by atoms with Crippen LogP contribution in [0.3, 0.4) is 0 Å². The fourth-order valence-electron chi connectivity index (χ4n) is 2.64. The molecule has 0 fully saturated rings. The van der Waals surface area contributed by atoms with Crippen molar-refractivity contribution >= 4 is 32.7 Å². The van der Waals surface area contributed by atoms with Gasteiger partial charge >= 0.3 is 0 Å². The van der Waals surface area contributed by atoms with Crippen LogP contribution in [0.15, 0.2) is 58.1 Å². The number of fused-ring (bicyclic) bond motifs is 1. The summed E-state index contributed by atoms with van der Waals surface area (Å²) in [5.74, 6) is 0.565. The van der Waals surface area contributed by atoms with Gasteiger partial charge in [0.2, 0.25) is 5.91 Å². The average molecular weight is 416 g/mol. The number of nitrogens with zero attached hydrogens (tertiary/aromatic N) is 3. The van der Waals surface area contributed by atoms with Crippen LogP contribution in [0.5, 0.6) is 5.75 Å². The van der Waals surface area contributed by atoms with Gasteiger partial charge in [0.15, 0.2) is 0 Å². The third-order valence-electron chi connectivity index (χ3n) is 4.07. The molecule has 0 saturated heterocycles. The van der Waals surface area contributed by atoms with Gasteiger partial charge in [0.05, 0.1) is 24.3 Å². The van der Waals surface area contributed by atoms with Crippen LogP contribution in [0.25, 0.3) is 10.9 Å². The minimum atomic E-state index is -0.237. The number of carbonyl (C=O) groups excluding carboxylic acids is 1. The largest absolute Gasteiger partial charge is 0.497 e. The van der Waals surface area contributed by atoms with Gasteiger partial charge in [-0.1, -0.05) is 28.1 Å². The minimum Gasteiger partial charge on any atom is -0.497 e. The number of likely N-dealkylation sites (N-methyl/N-ethyl adjacent to an activating group) is 1. The lowest BCUT2D eigenvalue weighted by Crippen LogP contribution is -2.33. The Morgan fingerprint density at radius 1 is 1.27 bits per heavy atom. The molecule has 0 saturated carbocycles. The maximum Gasteiger partial charge on any atom is 0.261 e. The van der Waals surface area contributed by atoms with Crippen molar-refractivity contribution in [3.8, 4) is 5.75 Å². The fraction of sp³-hybridized carbons (Fsp3) is 0.211. The summed E-state index contributed by atoms with van der Waals surface area (Å²) in [6.45, 7) is 0.367. The topological polar surface area (TPSA) is 64.4 Å². The van der Waals surface area contributed by atoms with Crippen molar-refractivity contribution in [2.45, 2.75) is 13.1 Å². The van der Waals surface area contributed by atoms with Gasteiger partial charge in [-0.2, -0.15) is 0 Å². The number of benzene rings is 2. The molecule has 26 heavy (non-hydrogen) atoms. The van der Waals surface area contributed by atoms with Crippen molar-refractivity contribution in [2.75, 3.05) is 14.2 Å². The molecule has 0 radical (unpaired) electrons. The molecule has 2 aromatic carbocycles. The molecule has 0 spiro atoms. The van der Waals surface area contributed by atoms with E-state index in [1.807, 2.05) is 30.3 Å². The van der Waals surface area contributed by atoms with Crippen molar-refractivity contribution in [2.24, 2.45) is 0 Å². The van der Waals surface area contributed by atoms with E-state index in [-0.39, 0.29) is 18.0 Å². The maximum atomic E-state index is 12.6. The van der Waals surface area contributed by atoms with Crippen LogP contribution in [0.4, 0.5) is 0 Å². The zero-order valence-corrected chi connectivity index (χ0v) is 16.1. The van der Waals surface area contributed by atoms with Crippen LogP contribution in [0, 0.1) is 0 Å². The number of halogens is 1. The molecular weight excluding hydrogens is 398 g/mol. The molecule has 3 rings (SSSR count). The highest BCUT2D eigenvalue weighted by molar-refractivity contribution is 9.10. The molecule has 0 aliphatic carbocycles. The number of aromatic nitrogens is 2. The molecule has 0 aliphatic rings. The maximum absolute atomic E-state index is 12.6. The molecule has 1 heterocycles. The van der Waals surface area contributed by atoms with E-state index in [1.165, 1.54) is 10.9 Å². The summed E-state index contributed by atoms with van der Waals surface area (Å²) in [5.41, 5.74) is 1.32. The summed E-state index contributed by atoms with van der Waals surface area (Å²) in [6, 6.07) is 12.8. The van der Waals surface area contributed by atoms with E-state index >= 15 is 0 Å². The number of ether oxygens (including phenoxy) is 1. The van der Waals surface area contributed by atoms with Gasteiger partial charge in [-0.05, 0) is 35.9 Å². The van der Waals surface area contributed by atoms with E-state index in [4.69, 9.17) is 4.74 Å². The molecule has 134 valence electrons. The molecule has 1 aromatic heterocycles. The molecule has 0 bridgehead atoms. The lowest BCUT2D eigenvalue weighted by molar-refractivity contribution is -0.131. The Bertz CT molecular complexity index is 1020. The first-order valence-electron chi connectivity index (χ1n) is 7.99. The summed E-state index contributed by atoms with van der Waals surface area (Å²) < 4.78 is 7.32. The second-order valence-electron chi connectivity index (χ2n) is 5.94. The Morgan fingerprint density at radius 2 is 2.08 bits per heavy atom. The lowest BCUT2D eigenvalue weighted by atomic mass is 10.2. The van der Waals surface area contributed by atoms with Crippen molar-refractivity contribution in [1.29, 1.82) is 0 Å². The number of hydrogen-bond donors (Lipinski definition) is 0. The Kier molecular flexibility index (Phi) is 5.37. The molecule has 0 unspecified atom stereocenters. The zero-order chi connectivity index (χ0) is 18.7. The zero-order valence-electron chi connectivity index (χ0n) is 14.5. The monoisotopic (exact) mass is 415 g/mol. The van der Waals surface area contributed by atoms with Crippen LogP contribution in [0.1, 0.15) is 5.56 Å². The first-order valence-corrected chi connectivity index (χ1v) is 8.79. The third kappa shape index (κ3) is 3.94. The first kappa shape index (κ1) is 18.1. The van der Waals surface area contributed by atoms with E-state index in [1.54, 1.807) is 31.2 Å². The summed E-state index contributed by atoms with van der Waals surface area (Å²) in [7, 11) is 3.31. The number of rotatable bonds is 5. The van der Waals surface area contributed by atoms with Gasteiger partial charge in [-0.3, -0.25) is 14.2 Å². The van der Waals surface area contributed by atoms with E-state index in [0.29, 0.717) is 17.4 Å². The molecule has 0 aliphatic heterocycles. The highest BCUT2D eigenvalue weighted by atomic mass is 79.9. The normalized spacial score (nSPS) is 10.7. The van der Waals surface area contributed by atoms with E-state index in [9.17, 15) is 9.59 Å². The quantitative estimate of drug-likeness (QED) is 0.642. The number of carbonyl (C=O) groups is 1. The Balaban J connectivity index is 1.77. The molecule has 3 aromatic rings. The predicted molar refractivity (Wildman–Crippen MR) is 103 cm³/mol. The Hall–Kier alpha value is -2.67. The summed E-state index contributed by atoms with van der Waals surface area (Å²) in [5, 5.41) is 0.477. The van der Waals surface area contributed by atoms with Crippen LogP contribution in [-0.4, -0.2) is 34.5 Å². The van der Waals surface area contributed by atoms with Gasteiger partial charge in [0, 0.05) is 18.1 Å². The Morgan fingerprint density at radius 3 is 2.85 bits per heavy atom. The fourth-order valence-corrected chi connectivity index (χ4v) is 3.00. The van der Waals surface area contributed by atoms with Gasteiger partial charge in [-0.25, -0.2) is 4.98 Å². The van der Waals surface area contributed by atoms with E-state index in [0.717, 1.165) is 15.8 Å². The SMILES string of the molecule is COc1cccc(CN(C)C(=O)Cn2cnc3ccc(Br)cc3c2=O)c1. The molecule has 0 atom stereocenters. The van der Waals surface area contributed by atoms with Gasteiger partial charge in [0.1, 0.15) is 12.3 Å². The number of methoxy groups -OCH3 is 1. The van der Waals surface area contributed by atoms with Gasteiger partial charge in [-0.15, -0.1) is 0 Å². The van der Waals surface area contributed by atoms with Gasteiger partial charge in [0.25, 0.3) is 5.56 Å². The van der Waals surface area contributed by atoms with Gasteiger partial charge < -0.3 is 9.64 Å². The van der Waals surface area contributed by atoms with E-state index in [2.05, 4.69) is 20.9 Å². The Labute approximate surface area is 159 Å². The van der Waals surface area contributed by atoms with Crippen molar-refractivity contribution in [3.63, 3.8) is 0 Å². The summed E-state index contributed by atoms with van der Waals surface area (Å²) >= 11 is 3.35. The number of amides is 1. The number of hydrogen-bond acceptors (Lipinski definition) is 4. The highest BCUT2D eigenvalue weighted by Crippen LogP contribution is 2.15. The molecule has 0 N–H and O–H groups in total. The second kappa shape index (κ2) is 7.70. The molecular formula is C19H18BrN3O3. The summed E-state index contributed by atoms with van der Waals surface area (Å²) in [4.78, 5) is 31.0. The lowest BCUT2D eigenvalue weighted by Gasteiger charge is -2.18. The van der Waals surface area contributed by atoms with Crippen LogP contribution >= 0.6 is 15.9 Å². The third-order valence-corrected chi connectivity index (χ3v) is 4.56. The van der Waals surface area contributed by atoms with Crippen LogP contribution in [-0.2, 0) is 17.9 Å². The second-order valence-corrected chi connectivity index (χ2v) is 6.86. The smallest absolute Gasteiger partial charge is 0.261 e. The summed E-state index contributed by atoms with van der Waals surface area (Å²) in [6.07, 6.45) is 1.41. The van der Waals surface area contributed by atoms with Crippen LogP contribution < -0.4 is 10.3 Å². The van der Waals surface area contributed by atoms with Crippen molar-refractivity contribution in [3.05, 3.63) is 69.2 Å². The molecule has 1 amide bonds. The first-order chi connectivity index (χ1) is 12.5. The van der Waals surface area contributed by atoms with E-state index < -0.39 is 0 Å². The molecule has 7 heteroatoms. The highest BCUT2D eigenvalue weighted by Gasteiger charge is 2.13. The predicted octanol–water partition coefficient (Wildman–Crippen LogP) is 2.83. The average Bonchev–Trinajstić information content (AvgIpc) is 2.64. The minimum absolute atomic E-state index is 0.0608. The van der Waals surface area contributed by atoms with Crippen molar-refractivity contribution < 1.29 is 9.53 Å². The van der Waals surface area contributed by atoms with Crippen molar-refractivity contribution in [1.82, 2.24) is 14.5 Å². The standard InChI is InChI=1S/C19H18BrN3O3/c1-22(10-13-4-3-5-15(8-13)26-2)18(24)11-23-12-21-17-7-6-14(20)9-16(17)19(23)25/h3-9,12H,10-11H2,1-2H3. The molecule has 6 nitrogen and oxygen atoms in total.